The van der Waals surface area contributed by atoms with Crippen LogP contribution in [0.2, 0.25) is 0 Å². The van der Waals surface area contributed by atoms with E-state index >= 15 is 0 Å². The summed E-state index contributed by atoms with van der Waals surface area (Å²) >= 11 is 0. The van der Waals surface area contributed by atoms with E-state index in [0.717, 1.165) is 10.9 Å². The Morgan fingerprint density at radius 1 is 0.286 bits per heavy atom. The summed E-state index contributed by atoms with van der Waals surface area (Å²) in [6, 6.07) is 0. The van der Waals surface area contributed by atoms with Crippen LogP contribution >= 0.6 is 0 Å². The smallest absolute Gasteiger partial charge is 0.0654 e. The first kappa shape index (κ1) is 28.4. The third-order valence-corrected chi connectivity index (χ3v) is 8.71. The molecule has 0 nitrogen and oxygen atoms in total. The van der Waals surface area contributed by atoms with Gasteiger partial charge in [-0.2, -0.15) is 0 Å². The summed E-state index contributed by atoms with van der Waals surface area (Å²) in [5.74, 6) is 4.67. The monoisotopic (exact) mass is 413 g/mol. The van der Waals surface area contributed by atoms with E-state index in [1.807, 2.05) is 0 Å². The summed E-state index contributed by atoms with van der Waals surface area (Å²) in [4.78, 5) is 0. The molecule has 0 bridgehead atoms. The van der Waals surface area contributed by atoms with Crippen LogP contribution in [-0.4, -0.2) is 17.3 Å². The first-order valence-corrected chi connectivity index (χ1v) is 15.2. The zero-order valence-corrected chi connectivity index (χ0v) is 21.2. The lowest BCUT2D eigenvalue weighted by molar-refractivity contribution is 0.597. The molecule has 0 atom stereocenters. The Hall–Kier alpha value is 0.350. The van der Waals surface area contributed by atoms with Crippen LogP contribution in [0, 0.1) is 0 Å². The molecule has 0 aromatic carbocycles. The minimum absolute atomic E-state index is 0.749. The Kier molecular flexibility index (Phi) is 25.7. The lowest BCUT2D eigenvalue weighted by atomic mass is 10.1. The van der Waals surface area contributed by atoms with Crippen LogP contribution in [-0.2, 0) is 10.9 Å². The summed E-state index contributed by atoms with van der Waals surface area (Å²) < 4.78 is 0. The molecule has 0 spiro atoms. The van der Waals surface area contributed by atoms with Gasteiger partial charge in [-0.1, -0.05) is 117 Å². The fourth-order valence-corrected chi connectivity index (χ4v) is 6.55. The van der Waals surface area contributed by atoms with Gasteiger partial charge in [-0.25, -0.2) is 0 Å². The Morgan fingerprint density at radius 3 is 0.750 bits per heavy atom. The molecule has 0 amide bonds. The van der Waals surface area contributed by atoms with Gasteiger partial charge < -0.3 is 0 Å². The number of unbranched alkanes of at least 4 members (excludes halogenated alkanes) is 18. The predicted molar refractivity (Wildman–Crippen MR) is 136 cm³/mol. The van der Waals surface area contributed by atoms with E-state index in [1.54, 1.807) is 17.3 Å². The molecule has 0 aromatic heterocycles. The molecule has 170 valence electrons. The Bertz CT molecular complexity index is 220. The molecule has 0 aliphatic rings. The lowest BCUT2D eigenvalue weighted by Crippen LogP contribution is -2.17. The van der Waals surface area contributed by atoms with Gasteiger partial charge in [0.2, 0.25) is 0 Å². The van der Waals surface area contributed by atoms with Crippen LogP contribution in [0.15, 0.2) is 0 Å². The average molecular weight is 414 g/mol. The van der Waals surface area contributed by atoms with Gasteiger partial charge in [0.15, 0.2) is 0 Å². The average Bonchev–Trinajstić information content (AvgIpc) is 2.71. The second kappa shape index (κ2) is 25.4. The van der Waals surface area contributed by atoms with E-state index in [-0.39, 0.29) is 0 Å². The lowest BCUT2D eigenvalue weighted by Gasteiger charge is -2.10. The fraction of sp³-hybridized carbons (Fsp3) is 1.00. The van der Waals surface area contributed by atoms with Crippen molar-refractivity contribution in [3.05, 3.63) is 0 Å². The zero-order valence-electron chi connectivity index (χ0n) is 20.4. The first-order chi connectivity index (χ1) is 13.8. The standard InChI is InChI=1S/C27H57S/c1-4-7-10-13-16-19-22-25-28(26-23-20-17-14-11-8-5-2)27-24-21-18-15-12-9-6-3/h4-27H2,1-3H3/q+1. The van der Waals surface area contributed by atoms with E-state index in [0.29, 0.717) is 0 Å². The van der Waals surface area contributed by atoms with Gasteiger partial charge in [0.05, 0.1) is 0 Å². The Balaban J connectivity index is 3.80. The van der Waals surface area contributed by atoms with Gasteiger partial charge in [0, 0.05) is 0 Å². The normalized spacial score (nSPS) is 11.6. The maximum atomic E-state index is 2.32. The summed E-state index contributed by atoms with van der Waals surface area (Å²) in [5.41, 5.74) is 0. The topological polar surface area (TPSA) is 0 Å². The highest BCUT2D eigenvalue weighted by molar-refractivity contribution is 7.96. The van der Waals surface area contributed by atoms with Crippen molar-refractivity contribution in [1.82, 2.24) is 0 Å². The van der Waals surface area contributed by atoms with E-state index in [1.165, 1.54) is 135 Å². The molecule has 0 N–H and O–H groups in total. The highest BCUT2D eigenvalue weighted by Crippen LogP contribution is 2.15. The molecule has 0 saturated heterocycles. The second-order valence-corrected chi connectivity index (χ2v) is 11.5. The zero-order chi connectivity index (χ0) is 20.5. The van der Waals surface area contributed by atoms with Gasteiger partial charge in [0.25, 0.3) is 0 Å². The summed E-state index contributed by atoms with van der Waals surface area (Å²) in [5, 5.41) is 0. The molecular formula is C27H57S+. The van der Waals surface area contributed by atoms with Crippen LogP contribution in [0.3, 0.4) is 0 Å². The largest absolute Gasteiger partial charge is 0.108 e. The summed E-state index contributed by atoms with van der Waals surface area (Å²) in [6.45, 7) is 6.96. The van der Waals surface area contributed by atoms with Crippen molar-refractivity contribution >= 4 is 10.9 Å². The maximum absolute atomic E-state index is 2.32. The van der Waals surface area contributed by atoms with Crippen molar-refractivity contribution in [2.24, 2.45) is 0 Å². The molecule has 0 unspecified atom stereocenters. The van der Waals surface area contributed by atoms with Crippen molar-refractivity contribution in [1.29, 1.82) is 0 Å². The van der Waals surface area contributed by atoms with Crippen molar-refractivity contribution in [3.63, 3.8) is 0 Å². The van der Waals surface area contributed by atoms with E-state index in [2.05, 4.69) is 20.8 Å². The van der Waals surface area contributed by atoms with Crippen molar-refractivity contribution in [3.8, 4) is 0 Å². The van der Waals surface area contributed by atoms with Crippen LogP contribution in [0.5, 0.6) is 0 Å². The van der Waals surface area contributed by atoms with Gasteiger partial charge in [-0.05, 0) is 49.4 Å². The minimum Gasteiger partial charge on any atom is -0.0654 e. The SMILES string of the molecule is CCCCCCCCC[S+](CCCCCCCCC)CCCCCCCCC. The van der Waals surface area contributed by atoms with E-state index in [4.69, 9.17) is 0 Å². The van der Waals surface area contributed by atoms with Crippen molar-refractivity contribution in [2.75, 3.05) is 17.3 Å². The highest BCUT2D eigenvalue weighted by atomic mass is 32.2. The highest BCUT2D eigenvalue weighted by Gasteiger charge is 2.16. The molecule has 0 aliphatic carbocycles. The van der Waals surface area contributed by atoms with E-state index in [9.17, 15) is 0 Å². The molecule has 0 saturated carbocycles. The van der Waals surface area contributed by atoms with Crippen LogP contribution in [0.4, 0.5) is 0 Å². The number of hydrogen-bond donors (Lipinski definition) is 0. The van der Waals surface area contributed by atoms with Crippen LogP contribution in [0.1, 0.15) is 156 Å². The quantitative estimate of drug-likeness (QED) is 0.109. The van der Waals surface area contributed by atoms with Crippen LogP contribution < -0.4 is 0 Å². The molecule has 1 heteroatoms. The second-order valence-electron chi connectivity index (χ2n) is 9.09. The molecule has 0 rings (SSSR count). The van der Waals surface area contributed by atoms with E-state index < -0.39 is 0 Å². The molecule has 0 aromatic rings. The molecule has 0 heterocycles. The number of rotatable bonds is 24. The third kappa shape index (κ3) is 22.6. The van der Waals surface area contributed by atoms with Crippen molar-refractivity contribution in [2.45, 2.75) is 156 Å². The molecule has 28 heavy (non-hydrogen) atoms. The molecule has 0 fully saturated rings. The first-order valence-electron chi connectivity index (χ1n) is 13.5. The van der Waals surface area contributed by atoms with Gasteiger partial charge >= 0.3 is 0 Å². The predicted octanol–water partition coefficient (Wildman–Crippen LogP) is 9.86. The van der Waals surface area contributed by atoms with Gasteiger partial charge in [-0.3, -0.25) is 0 Å². The molecule has 0 radical (unpaired) electrons. The van der Waals surface area contributed by atoms with Crippen LogP contribution in [0.25, 0.3) is 0 Å². The minimum atomic E-state index is 0.749. The van der Waals surface area contributed by atoms with Gasteiger partial charge in [0.1, 0.15) is 17.3 Å². The summed E-state index contributed by atoms with van der Waals surface area (Å²) in [6.07, 6.45) is 30.9. The summed E-state index contributed by atoms with van der Waals surface area (Å²) in [7, 11) is 0.749. The molecular weight excluding hydrogens is 356 g/mol. The maximum Gasteiger partial charge on any atom is 0.108 e. The third-order valence-electron chi connectivity index (χ3n) is 6.11. The van der Waals surface area contributed by atoms with Gasteiger partial charge in [-0.15, -0.1) is 0 Å². The molecule has 0 aliphatic heterocycles. The van der Waals surface area contributed by atoms with Crippen molar-refractivity contribution < 1.29 is 0 Å². The fourth-order valence-electron chi connectivity index (χ4n) is 4.10. The Labute approximate surface area is 183 Å². The Morgan fingerprint density at radius 2 is 0.500 bits per heavy atom. The number of hydrogen-bond acceptors (Lipinski definition) is 0.